The monoisotopic (exact) mass is 402 g/mol. The minimum atomic E-state index is -0.230. The summed E-state index contributed by atoms with van der Waals surface area (Å²) in [6, 6.07) is 8.14. The second-order valence-electron chi connectivity index (χ2n) is 7.36. The summed E-state index contributed by atoms with van der Waals surface area (Å²) in [4.78, 5) is 16.9. The van der Waals surface area contributed by atoms with Crippen LogP contribution in [0, 0.1) is 5.92 Å². The van der Waals surface area contributed by atoms with Crippen molar-refractivity contribution < 1.29 is 9.21 Å². The van der Waals surface area contributed by atoms with Crippen LogP contribution in [-0.2, 0) is 4.79 Å². The van der Waals surface area contributed by atoms with E-state index in [0.29, 0.717) is 17.0 Å². The average Bonchev–Trinajstić information content (AvgIpc) is 3.18. The molecular weight excluding hydrogens is 372 g/mol. The molecule has 3 rings (SSSR count). The molecule has 7 heteroatoms. The van der Waals surface area contributed by atoms with E-state index in [1.165, 1.54) is 17.4 Å². The molecule has 2 aromatic rings. The topological polar surface area (TPSA) is 62.5 Å². The minimum Gasteiger partial charge on any atom is -0.411 e. The smallest absolute Gasteiger partial charge is 0.277 e. The van der Waals surface area contributed by atoms with Gasteiger partial charge in [0.25, 0.3) is 5.22 Å². The van der Waals surface area contributed by atoms with Crippen molar-refractivity contribution >= 4 is 23.4 Å². The van der Waals surface area contributed by atoms with Gasteiger partial charge in [-0.2, -0.15) is 0 Å². The van der Waals surface area contributed by atoms with Crippen LogP contribution >= 0.6 is 11.8 Å². The van der Waals surface area contributed by atoms with Gasteiger partial charge in [-0.05, 0) is 63.8 Å². The van der Waals surface area contributed by atoms with Crippen LogP contribution in [0.15, 0.2) is 33.9 Å². The quantitative estimate of drug-likeness (QED) is 0.643. The maximum atomic E-state index is 12.7. The van der Waals surface area contributed by atoms with Crippen LogP contribution in [0.5, 0.6) is 0 Å². The maximum Gasteiger partial charge on any atom is 0.277 e. The summed E-state index contributed by atoms with van der Waals surface area (Å²) in [6.07, 6.45) is 2.16. The Morgan fingerprint density at radius 1 is 1.21 bits per heavy atom. The molecule has 28 heavy (non-hydrogen) atoms. The van der Waals surface area contributed by atoms with Crippen LogP contribution < -0.4 is 4.90 Å². The fraction of sp³-hybridized carbons (Fsp3) is 0.571. The molecule has 1 aromatic heterocycles. The number of carbonyl (C=O) groups excluding carboxylic acids is 1. The maximum absolute atomic E-state index is 12.7. The predicted octanol–water partition coefficient (Wildman–Crippen LogP) is 4.32. The molecule has 0 bridgehead atoms. The fourth-order valence-electron chi connectivity index (χ4n) is 3.47. The van der Waals surface area contributed by atoms with Gasteiger partial charge in [-0.1, -0.05) is 18.7 Å². The molecule has 1 aliphatic heterocycles. The van der Waals surface area contributed by atoms with Gasteiger partial charge in [0.05, 0.1) is 5.25 Å². The number of amides is 1. The summed E-state index contributed by atoms with van der Waals surface area (Å²) in [5, 5.41) is 8.50. The number of aromatic nitrogens is 2. The lowest BCUT2D eigenvalue weighted by Crippen LogP contribution is -2.41. The Morgan fingerprint density at radius 2 is 1.86 bits per heavy atom. The van der Waals surface area contributed by atoms with Crippen LogP contribution in [0.25, 0.3) is 11.5 Å². The van der Waals surface area contributed by atoms with E-state index in [-0.39, 0.29) is 11.2 Å². The molecule has 152 valence electrons. The summed E-state index contributed by atoms with van der Waals surface area (Å²) >= 11 is 1.34. The van der Waals surface area contributed by atoms with Crippen molar-refractivity contribution in [3.05, 3.63) is 24.3 Å². The Morgan fingerprint density at radius 3 is 2.46 bits per heavy atom. The van der Waals surface area contributed by atoms with Crippen molar-refractivity contribution in [1.82, 2.24) is 15.1 Å². The molecule has 0 radical (unpaired) electrons. The van der Waals surface area contributed by atoms with E-state index < -0.39 is 0 Å². The van der Waals surface area contributed by atoms with E-state index in [1.807, 2.05) is 24.0 Å². The first kappa shape index (κ1) is 20.7. The van der Waals surface area contributed by atoms with Crippen LogP contribution in [0.3, 0.4) is 0 Å². The highest BCUT2D eigenvalue weighted by Crippen LogP contribution is 2.29. The first-order valence-corrected chi connectivity index (χ1v) is 11.0. The van der Waals surface area contributed by atoms with Crippen molar-refractivity contribution in [2.45, 2.75) is 51.0 Å². The number of benzene rings is 1. The third-order valence-corrected chi connectivity index (χ3v) is 6.29. The van der Waals surface area contributed by atoms with Gasteiger partial charge < -0.3 is 14.2 Å². The number of hydrogen-bond donors (Lipinski definition) is 0. The molecule has 1 saturated heterocycles. The van der Waals surface area contributed by atoms with Gasteiger partial charge >= 0.3 is 0 Å². The van der Waals surface area contributed by atoms with E-state index in [4.69, 9.17) is 4.42 Å². The highest BCUT2D eigenvalue weighted by atomic mass is 32.2. The molecule has 1 amide bonds. The Labute approximate surface area is 171 Å². The highest BCUT2D eigenvalue weighted by molar-refractivity contribution is 8.00. The van der Waals surface area contributed by atoms with E-state index >= 15 is 0 Å². The lowest BCUT2D eigenvalue weighted by atomic mass is 9.99. The summed E-state index contributed by atoms with van der Waals surface area (Å²) in [5.41, 5.74) is 2.07. The molecule has 0 saturated carbocycles. The standard InChI is InChI=1S/C21H30N4O2S/c1-5-24(6-2)18-9-7-17(8-10-18)19-22-23-21(27-19)28-16(4)20(26)25-13-11-15(3)12-14-25/h7-10,15-16H,5-6,11-14H2,1-4H3/t16-/m1/s1. The molecule has 1 aliphatic rings. The van der Waals surface area contributed by atoms with Gasteiger partial charge in [0, 0.05) is 37.4 Å². The van der Waals surface area contributed by atoms with Crippen molar-refractivity contribution in [2.75, 3.05) is 31.1 Å². The molecule has 0 N–H and O–H groups in total. The third kappa shape index (κ3) is 4.87. The fourth-order valence-corrected chi connectivity index (χ4v) is 4.23. The highest BCUT2D eigenvalue weighted by Gasteiger charge is 2.26. The van der Waals surface area contributed by atoms with Gasteiger partial charge in [0.15, 0.2) is 0 Å². The number of likely N-dealkylation sites (tertiary alicyclic amines) is 1. The van der Waals surface area contributed by atoms with Gasteiger partial charge in [0.2, 0.25) is 11.8 Å². The number of carbonyl (C=O) groups is 1. The van der Waals surface area contributed by atoms with E-state index in [1.54, 1.807) is 0 Å². The van der Waals surface area contributed by atoms with Gasteiger partial charge in [0.1, 0.15) is 0 Å². The van der Waals surface area contributed by atoms with Crippen molar-refractivity contribution in [1.29, 1.82) is 0 Å². The lowest BCUT2D eigenvalue weighted by molar-refractivity contribution is -0.131. The third-order valence-electron chi connectivity index (χ3n) is 5.37. The molecule has 1 fully saturated rings. The number of hydrogen-bond acceptors (Lipinski definition) is 6. The molecule has 2 heterocycles. The predicted molar refractivity (Wildman–Crippen MR) is 114 cm³/mol. The first-order valence-electron chi connectivity index (χ1n) is 10.2. The number of nitrogens with zero attached hydrogens (tertiary/aromatic N) is 4. The zero-order chi connectivity index (χ0) is 20.1. The number of piperidine rings is 1. The Balaban J connectivity index is 1.61. The van der Waals surface area contributed by atoms with Crippen LogP contribution in [0.2, 0.25) is 0 Å². The molecular formula is C21H30N4O2S. The minimum absolute atomic E-state index is 0.153. The number of rotatable bonds is 7. The van der Waals surface area contributed by atoms with Crippen molar-refractivity contribution in [3.8, 4) is 11.5 Å². The Hall–Kier alpha value is -2.02. The molecule has 1 atom stereocenters. The zero-order valence-electron chi connectivity index (χ0n) is 17.2. The van der Waals surface area contributed by atoms with Crippen LogP contribution in [0.4, 0.5) is 5.69 Å². The van der Waals surface area contributed by atoms with E-state index in [9.17, 15) is 4.79 Å². The average molecular weight is 403 g/mol. The molecule has 0 aliphatic carbocycles. The number of thioether (sulfide) groups is 1. The van der Waals surface area contributed by atoms with E-state index in [2.05, 4.69) is 48.0 Å². The second-order valence-corrected chi connectivity index (χ2v) is 8.65. The summed E-state index contributed by atoms with van der Waals surface area (Å²) in [5.74, 6) is 1.35. The van der Waals surface area contributed by atoms with Crippen molar-refractivity contribution in [3.63, 3.8) is 0 Å². The molecule has 0 spiro atoms. The van der Waals surface area contributed by atoms with Gasteiger partial charge in [-0.3, -0.25) is 4.79 Å². The summed E-state index contributed by atoms with van der Waals surface area (Å²) < 4.78 is 5.80. The Bertz CT molecular complexity index is 765. The largest absolute Gasteiger partial charge is 0.411 e. The number of anilines is 1. The SMILES string of the molecule is CCN(CC)c1ccc(-c2nnc(S[C@H](C)C(=O)N3CCC(C)CC3)o2)cc1. The second kappa shape index (κ2) is 9.45. The zero-order valence-corrected chi connectivity index (χ0v) is 18.0. The molecule has 0 unspecified atom stereocenters. The van der Waals surface area contributed by atoms with Gasteiger partial charge in [-0.25, -0.2) is 0 Å². The molecule has 6 nitrogen and oxygen atoms in total. The van der Waals surface area contributed by atoms with E-state index in [0.717, 1.165) is 44.6 Å². The normalized spacial score (nSPS) is 16.2. The molecule has 1 aromatic carbocycles. The van der Waals surface area contributed by atoms with Crippen molar-refractivity contribution in [2.24, 2.45) is 5.92 Å². The lowest BCUT2D eigenvalue weighted by Gasteiger charge is -2.31. The van der Waals surface area contributed by atoms with Crippen LogP contribution in [-0.4, -0.2) is 52.4 Å². The Kier molecular flexibility index (Phi) is 6.99. The first-order chi connectivity index (χ1) is 13.5. The van der Waals surface area contributed by atoms with Gasteiger partial charge in [-0.15, -0.1) is 10.2 Å². The summed E-state index contributed by atoms with van der Waals surface area (Å²) in [6.45, 7) is 12.1. The summed E-state index contributed by atoms with van der Waals surface area (Å²) in [7, 11) is 0. The van der Waals surface area contributed by atoms with Crippen LogP contribution in [0.1, 0.15) is 40.5 Å².